The van der Waals surface area contributed by atoms with E-state index >= 15 is 0 Å². The van der Waals surface area contributed by atoms with Gasteiger partial charge in [0, 0.05) is 19.0 Å². The highest BCUT2D eigenvalue weighted by Gasteiger charge is 2.45. The fourth-order valence-corrected chi connectivity index (χ4v) is 4.26. The van der Waals surface area contributed by atoms with E-state index in [-0.39, 0.29) is 25.4 Å². The number of nitrogens with zero attached hydrogens (tertiary/aromatic N) is 1. The van der Waals surface area contributed by atoms with Crippen LogP contribution in [0.5, 0.6) is 0 Å². The monoisotopic (exact) mass is 316 g/mol. The summed E-state index contributed by atoms with van der Waals surface area (Å²) in [5.41, 5.74) is -0.853. The minimum Gasteiger partial charge on any atom is -0.390 e. The van der Waals surface area contributed by atoms with Crippen molar-refractivity contribution in [3.8, 4) is 0 Å². The lowest BCUT2D eigenvalue weighted by Crippen LogP contribution is -2.57. The first-order valence-electron chi connectivity index (χ1n) is 6.66. The van der Waals surface area contributed by atoms with E-state index in [9.17, 15) is 26.7 Å². The van der Waals surface area contributed by atoms with Crippen molar-refractivity contribution < 1.29 is 26.7 Å². The third kappa shape index (κ3) is 3.63. The highest BCUT2D eigenvalue weighted by Crippen LogP contribution is 2.40. The molecule has 2 rings (SSSR count). The molecule has 0 aromatic heterocycles. The number of rotatable bonds is 3. The molecule has 1 heterocycles. The van der Waals surface area contributed by atoms with Gasteiger partial charge in [0.05, 0.1) is 5.60 Å². The zero-order valence-corrected chi connectivity index (χ0v) is 11.8. The van der Waals surface area contributed by atoms with E-state index < -0.39 is 28.5 Å². The average Bonchev–Trinajstić information content (AvgIpc) is 2.34. The van der Waals surface area contributed by atoms with Gasteiger partial charge >= 0.3 is 6.18 Å². The van der Waals surface area contributed by atoms with Crippen molar-refractivity contribution in [1.82, 2.24) is 9.03 Å². The topological polar surface area (TPSA) is 69.6 Å². The van der Waals surface area contributed by atoms with Crippen LogP contribution < -0.4 is 4.72 Å². The summed E-state index contributed by atoms with van der Waals surface area (Å²) in [6, 6.07) is 0. The lowest BCUT2D eigenvalue weighted by Gasteiger charge is -2.46. The second-order valence-electron chi connectivity index (χ2n) is 5.60. The highest BCUT2D eigenvalue weighted by molar-refractivity contribution is 7.87. The van der Waals surface area contributed by atoms with Gasteiger partial charge in [0.15, 0.2) is 0 Å². The Hall–Kier alpha value is -0.380. The molecule has 2 atom stereocenters. The first-order chi connectivity index (χ1) is 9.12. The highest BCUT2D eigenvalue weighted by atomic mass is 32.2. The van der Waals surface area contributed by atoms with Crippen LogP contribution in [0.4, 0.5) is 13.2 Å². The van der Waals surface area contributed by atoms with Gasteiger partial charge in [-0.3, -0.25) is 0 Å². The normalized spacial score (nSPS) is 32.9. The molecule has 0 bridgehead atoms. The van der Waals surface area contributed by atoms with Crippen molar-refractivity contribution in [1.29, 1.82) is 0 Å². The predicted octanol–water partition coefficient (Wildman–Crippen LogP) is 1.01. The third-order valence-corrected chi connectivity index (χ3v) is 5.71. The molecule has 20 heavy (non-hydrogen) atoms. The van der Waals surface area contributed by atoms with Crippen LogP contribution in [0, 0.1) is 5.92 Å². The molecule has 1 aliphatic carbocycles. The van der Waals surface area contributed by atoms with Crippen molar-refractivity contribution >= 4 is 10.2 Å². The molecule has 2 aliphatic rings. The maximum absolute atomic E-state index is 12.1. The standard InChI is InChI=1S/C11H19F3N2O3S/c12-11(13,14)8-15-20(18,19)16-6-5-10(17)4-2-1-3-9(10)7-16/h9,15,17H,1-8H2. The molecular formula is C11H19F3N2O3S. The van der Waals surface area contributed by atoms with Gasteiger partial charge in [0.2, 0.25) is 0 Å². The van der Waals surface area contributed by atoms with Crippen LogP contribution in [-0.4, -0.2) is 49.2 Å². The lowest BCUT2D eigenvalue weighted by atomic mass is 9.72. The summed E-state index contributed by atoms with van der Waals surface area (Å²) in [4.78, 5) is 0. The van der Waals surface area contributed by atoms with Crippen LogP contribution in [0.1, 0.15) is 32.1 Å². The summed E-state index contributed by atoms with van der Waals surface area (Å²) in [7, 11) is -4.14. The van der Waals surface area contributed by atoms with Gasteiger partial charge in [-0.05, 0) is 19.3 Å². The van der Waals surface area contributed by atoms with E-state index in [1.807, 2.05) is 0 Å². The van der Waals surface area contributed by atoms with Gasteiger partial charge in [0.25, 0.3) is 10.2 Å². The Morgan fingerprint density at radius 2 is 2.00 bits per heavy atom. The second kappa shape index (κ2) is 5.43. The van der Waals surface area contributed by atoms with E-state index in [1.165, 1.54) is 0 Å². The molecule has 1 saturated heterocycles. The summed E-state index contributed by atoms with van der Waals surface area (Å²) >= 11 is 0. The van der Waals surface area contributed by atoms with Crippen LogP contribution in [0.3, 0.4) is 0 Å². The molecule has 0 aromatic rings. The maximum atomic E-state index is 12.1. The van der Waals surface area contributed by atoms with Crippen LogP contribution in [0.15, 0.2) is 0 Å². The van der Waals surface area contributed by atoms with Crippen LogP contribution in [0.25, 0.3) is 0 Å². The van der Waals surface area contributed by atoms with Crippen LogP contribution in [0.2, 0.25) is 0 Å². The first-order valence-corrected chi connectivity index (χ1v) is 8.10. The molecule has 2 unspecified atom stereocenters. The lowest BCUT2D eigenvalue weighted by molar-refractivity contribution is -0.121. The predicted molar refractivity (Wildman–Crippen MR) is 66.1 cm³/mol. The number of hydrogen-bond donors (Lipinski definition) is 2. The number of hydrogen-bond acceptors (Lipinski definition) is 3. The molecule has 0 spiro atoms. The summed E-state index contributed by atoms with van der Waals surface area (Å²) in [5, 5.41) is 10.4. The molecule has 1 saturated carbocycles. The van der Waals surface area contributed by atoms with Crippen LogP contribution >= 0.6 is 0 Å². The molecule has 2 fully saturated rings. The van der Waals surface area contributed by atoms with Gasteiger partial charge in [-0.15, -0.1) is 0 Å². The summed E-state index contributed by atoms with van der Waals surface area (Å²) in [6.07, 6.45) is -1.12. The Morgan fingerprint density at radius 1 is 1.30 bits per heavy atom. The number of nitrogens with one attached hydrogen (secondary N) is 1. The van der Waals surface area contributed by atoms with Gasteiger partial charge < -0.3 is 5.11 Å². The largest absolute Gasteiger partial charge is 0.402 e. The average molecular weight is 316 g/mol. The Kier molecular flexibility index (Phi) is 4.35. The molecule has 5 nitrogen and oxygen atoms in total. The summed E-state index contributed by atoms with van der Waals surface area (Å²) < 4.78 is 62.6. The van der Waals surface area contributed by atoms with Gasteiger partial charge in [-0.25, -0.2) is 0 Å². The Labute approximate surface area is 116 Å². The number of aliphatic hydroxyl groups is 1. The van der Waals surface area contributed by atoms with Crippen molar-refractivity contribution in [3.63, 3.8) is 0 Å². The van der Waals surface area contributed by atoms with Gasteiger partial charge in [0.1, 0.15) is 6.54 Å². The van der Waals surface area contributed by atoms with Gasteiger partial charge in [-0.2, -0.15) is 30.6 Å². The molecule has 9 heteroatoms. The smallest absolute Gasteiger partial charge is 0.390 e. The van der Waals surface area contributed by atoms with E-state index in [0.717, 1.165) is 17.1 Å². The molecule has 118 valence electrons. The van der Waals surface area contributed by atoms with Crippen LogP contribution in [-0.2, 0) is 10.2 Å². The summed E-state index contributed by atoms with van der Waals surface area (Å²) in [5.74, 6) is -0.188. The maximum Gasteiger partial charge on any atom is 0.402 e. The fraction of sp³-hybridized carbons (Fsp3) is 1.00. The molecule has 1 aliphatic heterocycles. The van der Waals surface area contributed by atoms with E-state index in [2.05, 4.69) is 0 Å². The summed E-state index contributed by atoms with van der Waals surface area (Å²) in [6.45, 7) is -1.43. The van der Waals surface area contributed by atoms with Crippen molar-refractivity contribution in [2.24, 2.45) is 5.92 Å². The van der Waals surface area contributed by atoms with E-state index in [4.69, 9.17) is 0 Å². The van der Waals surface area contributed by atoms with E-state index in [0.29, 0.717) is 12.8 Å². The first kappa shape index (κ1) is 16.0. The van der Waals surface area contributed by atoms with Crippen molar-refractivity contribution in [2.75, 3.05) is 19.6 Å². The molecule has 0 aromatic carbocycles. The quantitative estimate of drug-likeness (QED) is 0.816. The number of fused-ring (bicyclic) bond motifs is 1. The molecule has 2 N–H and O–H groups in total. The number of halogens is 3. The Morgan fingerprint density at radius 3 is 2.65 bits per heavy atom. The minimum atomic E-state index is -4.57. The van der Waals surface area contributed by atoms with Crippen molar-refractivity contribution in [3.05, 3.63) is 0 Å². The van der Waals surface area contributed by atoms with E-state index in [1.54, 1.807) is 4.72 Å². The fourth-order valence-electron chi connectivity index (χ4n) is 3.02. The zero-order chi connectivity index (χ0) is 15.0. The second-order valence-corrected chi connectivity index (χ2v) is 7.35. The Bertz CT molecular complexity index is 454. The number of piperidine rings is 1. The SMILES string of the molecule is O=S(=O)(NCC(F)(F)F)N1CCC2(O)CCCCC2C1. The van der Waals surface area contributed by atoms with Gasteiger partial charge in [-0.1, -0.05) is 12.8 Å². The zero-order valence-electron chi connectivity index (χ0n) is 11.0. The molecule has 0 amide bonds. The number of alkyl halides is 3. The molecular weight excluding hydrogens is 297 g/mol. The minimum absolute atomic E-state index is 0.0557. The Balaban J connectivity index is 2.00. The molecule has 0 radical (unpaired) electrons. The third-order valence-electron chi connectivity index (χ3n) is 4.19. The van der Waals surface area contributed by atoms with Crippen molar-refractivity contribution in [2.45, 2.75) is 43.9 Å².